The van der Waals surface area contributed by atoms with Crippen molar-refractivity contribution in [2.24, 2.45) is 11.8 Å². The number of nitro benzene ring substituents is 2. The first-order chi connectivity index (χ1) is 13.9. The Bertz CT molecular complexity index is 851. The summed E-state index contributed by atoms with van der Waals surface area (Å²) in [6, 6.07) is 2.57. The van der Waals surface area contributed by atoms with Crippen LogP contribution in [0.4, 0.5) is 17.1 Å². The van der Waals surface area contributed by atoms with E-state index in [1.165, 1.54) is 25.7 Å². The summed E-state index contributed by atoms with van der Waals surface area (Å²) in [6.45, 7) is 2.55. The summed E-state index contributed by atoms with van der Waals surface area (Å²) in [5, 5.41) is 22.8. The van der Waals surface area contributed by atoms with Gasteiger partial charge in [-0.25, -0.2) is 4.79 Å². The number of non-ortho nitro benzene ring substituents is 1. The second-order valence-electron chi connectivity index (χ2n) is 8.13. The largest absolute Gasteiger partial charge is 0.465 e. The van der Waals surface area contributed by atoms with E-state index in [9.17, 15) is 25.0 Å². The molecule has 1 aromatic carbocycles. The van der Waals surface area contributed by atoms with E-state index in [0.717, 1.165) is 44.2 Å². The van der Waals surface area contributed by atoms with Gasteiger partial charge in [-0.05, 0) is 31.1 Å². The van der Waals surface area contributed by atoms with Crippen molar-refractivity contribution >= 4 is 23.0 Å². The van der Waals surface area contributed by atoms with Crippen molar-refractivity contribution in [2.45, 2.75) is 31.7 Å². The highest BCUT2D eigenvalue weighted by Crippen LogP contribution is 2.47. The Labute approximate surface area is 167 Å². The minimum Gasteiger partial charge on any atom is -0.465 e. The number of rotatable bonds is 5. The van der Waals surface area contributed by atoms with E-state index in [1.807, 2.05) is 0 Å². The van der Waals surface area contributed by atoms with Crippen LogP contribution in [0.1, 0.15) is 36.0 Å². The van der Waals surface area contributed by atoms with Gasteiger partial charge in [0.25, 0.3) is 11.4 Å². The molecule has 10 heteroatoms. The number of ether oxygens (including phenoxy) is 1. The Morgan fingerprint density at radius 2 is 1.79 bits per heavy atom. The maximum Gasteiger partial charge on any atom is 0.340 e. The van der Waals surface area contributed by atoms with E-state index >= 15 is 0 Å². The zero-order valence-corrected chi connectivity index (χ0v) is 16.3. The minimum atomic E-state index is -0.817. The zero-order chi connectivity index (χ0) is 20.7. The van der Waals surface area contributed by atoms with Crippen molar-refractivity contribution in [3.63, 3.8) is 0 Å². The number of carbonyl (C=O) groups is 1. The highest BCUT2D eigenvalue weighted by molar-refractivity contribution is 5.99. The number of carbonyl (C=O) groups excluding carboxylic acids is 1. The quantitative estimate of drug-likeness (QED) is 0.417. The number of nitro groups is 2. The van der Waals surface area contributed by atoms with E-state index in [0.29, 0.717) is 19.1 Å². The fraction of sp³-hybridized carbons (Fsp3) is 0.632. The Hall–Kier alpha value is -2.75. The smallest absolute Gasteiger partial charge is 0.340 e. The molecule has 0 spiro atoms. The molecule has 4 rings (SSSR count). The maximum atomic E-state index is 12.3. The van der Waals surface area contributed by atoms with Gasteiger partial charge in [-0.3, -0.25) is 25.1 Å². The molecular weight excluding hydrogens is 380 g/mol. The molecular formula is C19H24N4O6. The third-order valence-corrected chi connectivity index (χ3v) is 6.69. The molecule has 0 N–H and O–H groups in total. The molecule has 29 heavy (non-hydrogen) atoms. The van der Waals surface area contributed by atoms with Crippen LogP contribution >= 0.6 is 0 Å². The summed E-state index contributed by atoms with van der Waals surface area (Å²) >= 11 is 0. The van der Waals surface area contributed by atoms with Crippen molar-refractivity contribution in [3.05, 3.63) is 37.9 Å². The average molecular weight is 404 g/mol. The molecule has 1 saturated heterocycles. The van der Waals surface area contributed by atoms with Crippen molar-refractivity contribution < 1.29 is 19.4 Å². The molecule has 0 aromatic heterocycles. The van der Waals surface area contributed by atoms with Crippen LogP contribution in [0, 0.1) is 32.1 Å². The lowest BCUT2D eigenvalue weighted by Crippen LogP contribution is -2.52. The number of hydrogen-bond donors (Lipinski definition) is 0. The summed E-state index contributed by atoms with van der Waals surface area (Å²) in [4.78, 5) is 38.0. The van der Waals surface area contributed by atoms with Crippen LogP contribution in [0.25, 0.3) is 0 Å². The van der Waals surface area contributed by atoms with Crippen LogP contribution in [-0.2, 0) is 4.74 Å². The fourth-order valence-corrected chi connectivity index (χ4v) is 5.38. The molecule has 3 fully saturated rings. The van der Waals surface area contributed by atoms with Crippen LogP contribution < -0.4 is 4.90 Å². The van der Waals surface area contributed by atoms with Crippen LogP contribution in [-0.4, -0.2) is 60.0 Å². The van der Waals surface area contributed by atoms with Gasteiger partial charge >= 0.3 is 5.97 Å². The standard InChI is InChI=1S/C19H24N4O6/c1-29-19(24)15-10-14(22(25)26)11-17(23(27)28)18(15)21-6-4-20(5-7-21)16-9-12-2-3-13(16)8-12/h10-13,16H,2-9H2,1H3. The predicted octanol–water partition coefficient (Wildman–Crippen LogP) is 2.60. The molecule has 1 heterocycles. The Morgan fingerprint density at radius 1 is 1.07 bits per heavy atom. The van der Waals surface area contributed by atoms with E-state index in [-0.39, 0.29) is 11.3 Å². The molecule has 0 amide bonds. The molecule has 2 saturated carbocycles. The van der Waals surface area contributed by atoms with Crippen LogP contribution in [0.3, 0.4) is 0 Å². The van der Waals surface area contributed by atoms with Gasteiger partial charge < -0.3 is 9.64 Å². The molecule has 3 atom stereocenters. The summed E-state index contributed by atoms with van der Waals surface area (Å²) in [5.41, 5.74) is -0.962. The Morgan fingerprint density at radius 3 is 2.31 bits per heavy atom. The summed E-state index contributed by atoms with van der Waals surface area (Å²) in [7, 11) is 1.16. The lowest BCUT2D eigenvalue weighted by molar-refractivity contribution is -0.393. The van der Waals surface area contributed by atoms with Crippen molar-refractivity contribution in [1.29, 1.82) is 0 Å². The molecule has 3 aliphatic rings. The molecule has 2 aliphatic carbocycles. The number of anilines is 1. The monoisotopic (exact) mass is 404 g/mol. The van der Waals surface area contributed by atoms with Gasteiger partial charge in [0.15, 0.2) is 0 Å². The van der Waals surface area contributed by atoms with Crippen molar-refractivity contribution in [3.8, 4) is 0 Å². The minimum absolute atomic E-state index is 0.111. The number of benzene rings is 1. The van der Waals surface area contributed by atoms with Gasteiger partial charge in [0, 0.05) is 38.3 Å². The van der Waals surface area contributed by atoms with Gasteiger partial charge in [-0.2, -0.15) is 0 Å². The maximum absolute atomic E-state index is 12.3. The third kappa shape index (κ3) is 3.52. The molecule has 10 nitrogen and oxygen atoms in total. The van der Waals surface area contributed by atoms with Gasteiger partial charge in [-0.15, -0.1) is 0 Å². The topological polar surface area (TPSA) is 119 Å². The summed E-state index contributed by atoms with van der Waals surface area (Å²) in [6.07, 6.45) is 5.16. The number of nitrogens with zero attached hydrogens (tertiary/aromatic N) is 4. The summed E-state index contributed by atoms with van der Waals surface area (Å²) < 4.78 is 4.75. The molecule has 3 unspecified atom stereocenters. The predicted molar refractivity (Wildman–Crippen MR) is 104 cm³/mol. The first-order valence-corrected chi connectivity index (χ1v) is 9.93. The van der Waals surface area contributed by atoms with Gasteiger partial charge in [0.05, 0.1) is 28.6 Å². The highest BCUT2D eigenvalue weighted by atomic mass is 16.6. The summed E-state index contributed by atoms with van der Waals surface area (Å²) in [5.74, 6) is 0.776. The van der Waals surface area contributed by atoms with Crippen LogP contribution in [0.5, 0.6) is 0 Å². The third-order valence-electron chi connectivity index (χ3n) is 6.69. The number of esters is 1. The lowest BCUT2D eigenvalue weighted by atomic mass is 9.93. The van der Waals surface area contributed by atoms with E-state index in [4.69, 9.17) is 4.74 Å². The highest BCUT2D eigenvalue weighted by Gasteiger charge is 2.43. The van der Waals surface area contributed by atoms with Gasteiger partial charge in [0.1, 0.15) is 5.69 Å². The molecule has 2 bridgehead atoms. The second kappa shape index (κ2) is 7.58. The molecule has 1 aliphatic heterocycles. The number of piperazine rings is 1. The van der Waals surface area contributed by atoms with Gasteiger partial charge in [-0.1, -0.05) is 6.42 Å². The van der Waals surface area contributed by atoms with E-state index in [1.54, 1.807) is 4.90 Å². The molecule has 156 valence electrons. The molecule has 1 aromatic rings. The number of methoxy groups -OCH3 is 1. The van der Waals surface area contributed by atoms with E-state index < -0.39 is 27.2 Å². The molecule has 0 radical (unpaired) electrons. The first kappa shape index (κ1) is 19.6. The van der Waals surface area contributed by atoms with Crippen molar-refractivity contribution in [1.82, 2.24) is 4.90 Å². The van der Waals surface area contributed by atoms with Crippen molar-refractivity contribution in [2.75, 3.05) is 38.2 Å². The number of hydrogen-bond acceptors (Lipinski definition) is 8. The Kier molecular flexibility index (Phi) is 5.12. The average Bonchev–Trinajstić information content (AvgIpc) is 3.36. The van der Waals surface area contributed by atoms with Crippen LogP contribution in [0.2, 0.25) is 0 Å². The first-order valence-electron chi connectivity index (χ1n) is 9.93. The van der Waals surface area contributed by atoms with Crippen LogP contribution in [0.15, 0.2) is 12.1 Å². The SMILES string of the molecule is COC(=O)c1cc([N+](=O)[O-])cc([N+](=O)[O-])c1N1CCN(C2CC3CCC2C3)CC1. The normalized spacial score (nSPS) is 26.5. The van der Waals surface area contributed by atoms with E-state index in [2.05, 4.69) is 4.90 Å². The second-order valence-corrected chi connectivity index (χ2v) is 8.13. The fourth-order valence-electron chi connectivity index (χ4n) is 5.38. The van der Waals surface area contributed by atoms with Gasteiger partial charge in [0.2, 0.25) is 0 Å². The Balaban J connectivity index is 1.61. The lowest BCUT2D eigenvalue weighted by Gasteiger charge is -2.41. The number of fused-ring (bicyclic) bond motifs is 2. The zero-order valence-electron chi connectivity index (χ0n) is 16.3.